The lowest BCUT2D eigenvalue weighted by Crippen LogP contribution is -2.23. The molecule has 154 valence electrons. The van der Waals surface area contributed by atoms with Crippen molar-refractivity contribution in [2.75, 3.05) is 0 Å². The van der Waals surface area contributed by atoms with Crippen molar-refractivity contribution < 1.29 is 4.52 Å². The Morgan fingerprint density at radius 1 is 0.968 bits per heavy atom. The van der Waals surface area contributed by atoms with E-state index in [9.17, 15) is 4.79 Å². The third-order valence-corrected chi connectivity index (χ3v) is 5.39. The van der Waals surface area contributed by atoms with Gasteiger partial charge in [-0.25, -0.2) is 9.48 Å². The van der Waals surface area contributed by atoms with E-state index < -0.39 is 0 Å². The van der Waals surface area contributed by atoms with Gasteiger partial charge < -0.3 is 4.52 Å². The Bertz CT molecular complexity index is 1450. The molecular weight excluding hydrogens is 437 g/mol. The van der Waals surface area contributed by atoms with Crippen LogP contribution in [0.3, 0.4) is 0 Å². The smallest absolute Gasteiger partial charge is 0.361 e. The van der Waals surface area contributed by atoms with Gasteiger partial charge in [-0.3, -0.25) is 0 Å². The van der Waals surface area contributed by atoms with E-state index in [0.29, 0.717) is 27.1 Å². The van der Waals surface area contributed by atoms with Gasteiger partial charge in [0.25, 0.3) is 0 Å². The standard InChI is InChI=1S/C22H15Cl2N5O2/c1-13-10-18(27-31-13)12-28-22(30)29-21(26-28)20(15-4-8-17(24)9-5-15)19(11-25-29)14-2-6-16(23)7-3-14/h2-11H,12H2,1H3. The van der Waals surface area contributed by atoms with E-state index in [1.807, 2.05) is 36.4 Å². The maximum Gasteiger partial charge on any atom is 0.367 e. The second-order valence-corrected chi connectivity index (χ2v) is 7.92. The Labute approximate surface area is 186 Å². The first-order chi connectivity index (χ1) is 15.0. The Kier molecular flexibility index (Phi) is 4.84. The highest BCUT2D eigenvalue weighted by molar-refractivity contribution is 6.31. The molecule has 0 spiro atoms. The summed E-state index contributed by atoms with van der Waals surface area (Å²) < 4.78 is 7.71. The first kappa shape index (κ1) is 19.5. The lowest BCUT2D eigenvalue weighted by molar-refractivity contribution is 0.387. The molecule has 5 aromatic rings. The quantitative estimate of drug-likeness (QED) is 0.389. The predicted molar refractivity (Wildman–Crippen MR) is 118 cm³/mol. The molecule has 0 unspecified atom stereocenters. The summed E-state index contributed by atoms with van der Waals surface area (Å²) in [5, 5.41) is 14.2. The molecule has 0 atom stereocenters. The second kappa shape index (κ2) is 7.68. The van der Waals surface area contributed by atoms with Gasteiger partial charge in [0.05, 0.1) is 12.7 Å². The van der Waals surface area contributed by atoms with Gasteiger partial charge in [-0.2, -0.15) is 9.61 Å². The predicted octanol–water partition coefficient (Wildman–Crippen LogP) is 4.88. The minimum absolute atomic E-state index is 0.176. The number of rotatable bonds is 4. The number of nitrogens with zero attached hydrogens (tertiary/aromatic N) is 5. The summed E-state index contributed by atoms with van der Waals surface area (Å²) >= 11 is 12.2. The summed E-state index contributed by atoms with van der Waals surface area (Å²) in [7, 11) is 0. The van der Waals surface area contributed by atoms with Crippen molar-refractivity contribution in [2.24, 2.45) is 0 Å². The first-order valence-electron chi connectivity index (χ1n) is 9.42. The van der Waals surface area contributed by atoms with E-state index in [1.165, 1.54) is 9.20 Å². The molecule has 2 aromatic carbocycles. The van der Waals surface area contributed by atoms with Gasteiger partial charge >= 0.3 is 5.69 Å². The zero-order valence-corrected chi connectivity index (χ0v) is 17.8. The van der Waals surface area contributed by atoms with Crippen LogP contribution in [-0.2, 0) is 6.54 Å². The zero-order chi connectivity index (χ0) is 21.5. The monoisotopic (exact) mass is 451 g/mol. The lowest BCUT2D eigenvalue weighted by atomic mass is 9.97. The highest BCUT2D eigenvalue weighted by Crippen LogP contribution is 2.34. The van der Waals surface area contributed by atoms with Crippen LogP contribution in [0.2, 0.25) is 10.0 Å². The first-order valence-corrected chi connectivity index (χ1v) is 10.2. The highest BCUT2D eigenvalue weighted by atomic mass is 35.5. The number of hydrogen-bond donors (Lipinski definition) is 0. The molecule has 5 rings (SSSR count). The molecule has 0 aliphatic carbocycles. The van der Waals surface area contributed by atoms with Gasteiger partial charge in [-0.15, -0.1) is 5.10 Å². The van der Waals surface area contributed by atoms with Crippen LogP contribution in [0.25, 0.3) is 27.9 Å². The topological polar surface area (TPSA) is 78.2 Å². The molecule has 9 heteroatoms. The number of aryl methyl sites for hydroxylation is 1. The van der Waals surface area contributed by atoms with Crippen molar-refractivity contribution in [3.8, 4) is 22.3 Å². The molecule has 31 heavy (non-hydrogen) atoms. The van der Waals surface area contributed by atoms with Crippen LogP contribution in [-0.4, -0.2) is 24.6 Å². The number of halogens is 2. The minimum atomic E-state index is -0.367. The van der Waals surface area contributed by atoms with E-state index in [4.69, 9.17) is 27.7 Å². The molecule has 3 heterocycles. The number of aromatic nitrogens is 5. The molecule has 0 N–H and O–H groups in total. The number of benzene rings is 2. The van der Waals surface area contributed by atoms with E-state index in [1.54, 1.807) is 31.3 Å². The van der Waals surface area contributed by atoms with Crippen LogP contribution in [0.1, 0.15) is 11.5 Å². The average Bonchev–Trinajstić information content (AvgIpc) is 3.32. The maximum absolute atomic E-state index is 13.0. The van der Waals surface area contributed by atoms with Gasteiger partial charge in [0.15, 0.2) is 5.65 Å². The van der Waals surface area contributed by atoms with Crippen molar-refractivity contribution >= 4 is 28.8 Å². The van der Waals surface area contributed by atoms with Crippen LogP contribution in [0.5, 0.6) is 0 Å². The van der Waals surface area contributed by atoms with E-state index >= 15 is 0 Å². The average molecular weight is 452 g/mol. The fourth-order valence-corrected chi connectivity index (χ4v) is 3.71. The Morgan fingerprint density at radius 2 is 1.61 bits per heavy atom. The summed E-state index contributed by atoms with van der Waals surface area (Å²) in [5.41, 5.74) is 4.01. The summed E-state index contributed by atoms with van der Waals surface area (Å²) in [6.45, 7) is 1.97. The van der Waals surface area contributed by atoms with Crippen molar-refractivity contribution in [1.82, 2.24) is 24.6 Å². The van der Waals surface area contributed by atoms with Crippen LogP contribution in [0.4, 0.5) is 0 Å². The van der Waals surface area contributed by atoms with E-state index in [0.717, 1.165) is 22.3 Å². The molecule has 7 nitrogen and oxygen atoms in total. The highest BCUT2D eigenvalue weighted by Gasteiger charge is 2.19. The van der Waals surface area contributed by atoms with Crippen molar-refractivity contribution in [1.29, 1.82) is 0 Å². The molecule has 0 amide bonds. The third-order valence-electron chi connectivity index (χ3n) is 4.89. The third kappa shape index (κ3) is 3.62. The van der Waals surface area contributed by atoms with Crippen LogP contribution >= 0.6 is 23.2 Å². The van der Waals surface area contributed by atoms with Gasteiger partial charge in [0.2, 0.25) is 0 Å². The van der Waals surface area contributed by atoms with Crippen molar-refractivity contribution in [2.45, 2.75) is 13.5 Å². The maximum atomic E-state index is 13.0. The van der Waals surface area contributed by atoms with Gasteiger partial charge in [-0.05, 0) is 42.3 Å². The van der Waals surface area contributed by atoms with Gasteiger partial charge in [0.1, 0.15) is 11.5 Å². The van der Waals surface area contributed by atoms with Gasteiger partial charge in [-0.1, -0.05) is 52.6 Å². The van der Waals surface area contributed by atoms with Gasteiger partial charge in [0, 0.05) is 27.2 Å². The molecular formula is C22H15Cl2N5O2. The summed E-state index contributed by atoms with van der Waals surface area (Å²) in [4.78, 5) is 13.0. The molecule has 0 aliphatic heterocycles. The number of fused-ring (bicyclic) bond motifs is 1. The largest absolute Gasteiger partial charge is 0.367 e. The van der Waals surface area contributed by atoms with Crippen LogP contribution in [0.15, 0.2) is 70.1 Å². The van der Waals surface area contributed by atoms with Crippen molar-refractivity contribution in [3.05, 3.63) is 92.8 Å². The lowest BCUT2D eigenvalue weighted by Gasteiger charge is -2.11. The Morgan fingerprint density at radius 3 is 2.23 bits per heavy atom. The second-order valence-electron chi connectivity index (χ2n) is 7.05. The van der Waals surface area contributed by atoms with E-state index in [2.05, 4.69) is 15.4 Å². The zero-order valence-electron chi connectivity index (χ0n) is 16.3. The molecule has 0 saturated carbocycles. The minimum Gasteiger partial charge on any atom is -0.361 e. The normalized spacial score (nSPS) is 11.3. The van der Waals surface area contributed by atoms with Crippen LogP contribution in [0, 0.1) is 6.92 Å². The molecule has 0 bridgehead atoms. The Balaban J connectivity index is 1.75. The molecule has 3 aromatic heterocycles. The summed E-state index contributed by atoms with van der Waals surface area (Å²) in [6, 6.07) is 16.6. The fourth-order valence-electron chi connectivity index (χ4n) is 3.46. The summed E-state index contributed by atoms with van der Waals surface area (Å²) in [5.74, 6) is 0.664. The molecule has 0 aliphatic rings. The molecule has 0 fully saturated rings. The van der Waals surface area contributed by atoms with Crippen LogP contribution < -0.4 is 5.69 Å². The SMILES string of the molecule is Cc1cc(Cn2nc3c(-c4ccc(Cl)cc4)c(-c4ccc(Cl)cc4)cnn3c2=O)no1. The fraction of sp³-hybridized carbons (Fsp3) is 0.0909. The van der Waals surface area contributed by atoms with Crippen molar-refractivity contribution in [3.63, 3.8) is 0 Å². The summed E-state index contributed by atoms with van der Waals surface area (Å²) in [6.07, 6.45) is 1.66. The van der Waals surface area contributed by atoms with E-state index in [-0.39, 0.29) is 12.2 Å². The molecule has 0 saturated heterocycles. The molecule has 0 radical (unpaired) electrons. The Hall–Kier alpha value is -3.42. The number of hydrogen-bond acceptors (Lipinski definition) is 5.